The number of hydrogen-bond acceptors (Lipinski definition) is 7. The molecule has 1 aromatic rings. The van der Waals surface area contributed by atoms with Gasteiger partial charge in [0, 0.05) is 30.7 Å². The second-order valence-electron chi connectivity index (χ2n) is 7.11. The number of amides is 1. The van der Waals surface area contributed by atoms with E-state index in [1.807, 2.05) is 13.8 Å². The Hall–Kier alpha value is -3.10. The molecule has 0 unspecified atom stereocenters. The Morgan fingerprint density at radius 1 is 1.38 bits per heavy atom. The van der Waals surface area contributed by atoms with E-state index in [2.05, 4.69) is 0 Å². The monoisotopic (exact) mass is 404 g/mol. The Balaban J connectivity index is 2.20. The zero-order valence-corrected chi connectivity index (χ0v) is 16.8. The first kappa shape index (κ1) is 20.6. The van der Waals surface area contributed by atoms with E-state index in [-0.39, 0.29) is 18.1 Å². The molecular weight excluding hydrogens is 380 g/mol. The van der Waals surface area contributed by atoms with E-state index in [1.165, 1.54) is 43.2 Å². The van der Waals surface area contributed by atoms with Crippen LogP contribution in [0.3, 0.4) is 0 Å². The number of esters is 1. The third-order valence-corrected chi connectivity index (χ3v) is 5.62. The lowest BCUT2D eigenvalue weighted by Crippen LogP contribution is -2.58. The summed E-state index contributed by atoms with van der Waals surface area (Å²) in [6.07, 6.45) is 1.57. The van der Waals surface area contributed by atoms with Crippen molar-refractivity contribution < 1.29 is 28.7 Å². The second-order valence-corrected chi connectivity index (χ2v) is 7.11. The highest BCUT2D eigenvalue weighted by Gasteiger charge is 2.54. The summed E-state index contributed by atoms with van der Waals surface area (Å²) in [6, 6.07) is 3.53. The molecule has 0 spiro atoms. The van der Waals surface area contributed by atoms with Gasteiger partial charge in [0.15, 0.2) is 6.10 Å². The summed E-state index contributed by atoms with van der Waals surface area (Å²) in [5.74, 6) is 0.0693. The van der Waals surface area contributed by atoms with Crippen molar-refractivity contribution in [2.24, 2.45) is 0 Å². The fourth-order valence-electron chi connectivity index (χ4n) is 4.05. The summed E-state index contributed by atoms with van der Waals surface area (Å²) in [4.78, 5) is 37.0. The van der Waals surface area contributed by atoms with Gasteiger partial charge in [-0.05, 0) is 18.9 Å². The van der Waals surface area contributed by atoms with Gasteiger partial charge in [-0.25, -0.2) is 0 Å². The predicted molar refractivity (Wildman–Crippen MR) is 102 cm³/mol. The molecule has 3 rings (SSSR count). The molecule has 29 heavy (non-hydrogen) atoms. The van der Waals surface area contributed by atoms with E-state index in [4.69, 9.17) is 14.2 Å². The van der Waals surface area contributed by atoms with Crippen LogP contribution in [0.2, 0.25) is 0 Å². The number of non-ortho nitro benzene ring substituents is 1. The minimum Gasteiger partial charge on any atom is -0.499 e. The first-order valence-corrected chi connectivity index (χ1v) is 9.46. The van der Waals surface area contributed by atoms with E-state index in [0.29, 0.717) is 29.9 Å². The van der Waals surface area contributed by atoms with Crippen molar-refractivity contribution in [3.8, 4) is 5.75 Å². The zero-order chi connectivity index (χ0) is 21.3. The predicted octanol–water partition coefficient (Wildman–Crippen LogP) is 2.89. The maximum absolute atomic E-state index is 12.7. The normalized spacial score (nSPS) is 22.4. The molecule has 1 aromatic carbocycles. The van der Waals surface area contributed by atoms with Gasteiger partial charge in [0.05, 0.1) is 18.6 Å². The van der Waals surface area contributed by atoms with Crippen LogP contribution < -0.4 is 4.74 Å². The molecule has 0 fully saturated rings. The van der Waals surface area contributed by atoms with Gasteiger partial charge < -0.3 is 19.1 Å². The molecule has 1 amide bonds. The third-order valence-electron chi connectivity index (χ3n) is 5.62. The van der Waals surface area contributed by atoms with Crippen LogP contribution in [0.1, 0.15) is 45.2 Å². The highest BCUT2D eigenvalue weighted by molar-refractivity contribution is 5.91. The standard InChI is InChI=1S/C20H24N2O7/c1-5-20(6-2)19(28-12(3)23)18(21-11-14(27-4)10-17(21)24)15-9-13(22(25)26)7-8-16(15)29-20/h7-10,18-19H,5-6,11H2,1-4H3/t18-,19+/m0/s1. The smallest absolute Gasteiger partial charge is 0.303 e. The molecule has 0 radical (unpaired) electrons. The first-order valence-electron chi connectivity index (χ1n) is 9.46. The van der Waals surface area contributed by atoms with Crippen LogP contribution in [-0.2, 0) is 19.1 Å². The largest absolute Gasteiger partial charge is 0.499 e. The average molecular weight is 404 g/mol. The molecule has 2 atom stereocenters. The SMILES string of the molecule is CCC1(CC)Oc2ccc([N+](=O)[O-])cc2[C@H](N2CC(OC)=CC2=O)[C@H]1OC(C)=O. The van der Waals surface area contributed by atoms with E-state index in [1.54, 1.807) is 0 Å². The molecule has 0 aliphatic carbocycles. The van der Waals surface area contributed by atoms with Crippen molar-refractivity contribution >= 4 is 17.6 Å². The fourth-order valence-corrected chi connectivity index (χ4v) is 4.05. The van der Waals surface area contributed by atoms with E-state index >= 15 is 0 Å². The van der Waals surface area contributed by atoms with Crippen LogP contribution in [0.15, 0.2) is 30.0 Å². The molecule has 0 saturated carbocycles. The number of nitro benzene ring substituents is 1. The van der Waals surface area contributed by atoms with Crippen LogP contribution in [-0.4, -0.2) is 47.1 Å². The van der Waals surface area contributed by atoms with Crippen LogP contribution >= 0.6 is 0 Å². The molecule has 2 heterocycles. The molecule has 2 aliphatic rings. The lowest BCUT2D eigenvalue weighted by molar-refractivity contribution is -0.385. The number of fused-ring (bicyclic) bond motifs is 1. The van der Waals surface area contributed by atoms with Gasteiger partial charge in [-0.2, -0.15) is 0 Å². The lowest BCUT2D eigenvalue weighted by Gasteiger charge is -2.49. The molecule has 0 aromatic heterocycles. The quantitative estimate of drug-likeness (QED) is 0.407. The number of nitrogens with zero attached hydrogens (tertiary/aromatic N) is 2. The van der Waals surface area contributed by atoms with Gasteiger partial charge >= 0.3 is 5.97 Å². The molecule has 9 heteroatoms. The number of rotatable bonds is 6. The van der Waals surface area contributed by atoms with E-state index in [0.717, 1.165) is 0 Å². The van der Waals surface area contributed by atoms with Gasteiger partial charge in [0.1, 0.15) is 23.2 Å². The van der Waals surface area contributed by atoms with Crippen LogP contribution in [0, 0.1) is 10.1 Å². The highest BCUT2D eigenvalue weighted by atomic mass is 16.6. The molecular formula is C20H24N2O7. The highest BCUT2D eigenvalue weighted by Crippen LogP contribution is 2.49. The Kier molecular flexibility index (Phi) is 5.50. The Morgan fingerprint density at radius 2 is 2.07 bits per heavy atom. The number of nitro groups is 1. The lowest BCUT2D eigenvalue weighted by atomic mass is 9.79. The summed E-state index contributed by atoms with van der Waals surface area (Å²) >= 11 is 0. The van der Waals surface area contributed by atoms with Crippen molar-refractivity contribution in [3.05, 3.63) is 45.7 Å². The van der Waals surface area contributed by atoms with Gasteiger partial charge in [0.25, 0.3) is 11.6 Å². The van der Waals surface area contributed by atoms with Crippen molar-refractivity contribution in [1.82, 2.24) is 4.90 Å². The van der Waals surface area contributed by atoms with Crippen LogP contribution in [0.25, 0.3) is 0 Å². The van der Waals surface area contributed by atoms with Gasteiger partial charge in [0.2, 0.25) is 0 Å². The second kappa shape index (κ2) is 7.73. The minimum absolute atomic E-state index is 0.133. The van der Waals surface area contributed by atoms with Crippen molar-refractivity contribution in [1.29, 1.82) is 0 Å². The summed E-state index contributed by atoms with van der Waals surface area (Å²) in [6.45, 7) is 5.29. The van der Waals surface area contributed by atoms with Crippen LogP contribution in [0.5, 0.6) is 5.75 Å². The Bertz CT molecular complexity index is 876. The van der Waals surface area contributed by atoms with E-state index < -0.39 is 28.6 Å². The molecule has 0 bridgehead atoms. The Morgan fingerprint density at radius 3 is 2.59 bits per heavy atom. The van der Waals surface area contributed by atoms with Crippen LogP contribution in [0.4, 0.5) is 5.69 Å². The fraction of sp³-hybridized carbons (Fsp3) is 0.500. The zero-order valence-electron chi connectivity index (χ0n) is 16.8. The topological polar surface area (TPSA) is 108 Å². The number of hydrogen-bond donors (Lipinski definition) is 0. The summed E-state index contributed by atoms with van der Waals surface area (Å²) in [7, 11) is 1.47. The molecule has 0 saturated heterocycles. The summed E-state index contributed by atoms with van der Waals surface area (Å²) in [5.41, 5.74) is -0.580. The van der Waals surface area contributed by atoms with Gasteiger partial charge in [-0.3, -0.25) is 19.7 Å². The van der Waals surface area contributed by atoms with Crippen molar-refractivity contribution in [2.75, 3.05) is 13.7 Å². The van der Waals surface area contributed by atoms with Crippen molar-refractivity contribution in [3.63, 3.8) is 0 Å². The Labute approximate surface area is 168 Å². The minimum atomic E-state index is -0.879. The number of carbonyl (C=O) groups is 2. The summed E-state index contributed by atoms with van der Waals surface area (Å²) < 4.78 is 17.2. The van der Waals surface area contributed by atoms with Gasteiger partial charge in [-0.1, -0.05) is 13.8 Å². The third kappa shape index (κ3) is 3.52. The van der Waals surface area contributed by atoms with E-state index in [9.17, 15) is 19.7 Å². The maximum Gasteiger partial charge on any atom is 0.303 e. The number of carbonyl (C=O) groups excluding carboxylic acids is 2. The molecule has 2 aliphatic heterocycles. The average Bonchev–Trinajstić information content (AvgIpc) is 3.07. The molecule has 9 nitrogen and oxygen atoms in total. The molecule has 0 N–H and O–H groups in total. The molecule has 156 valence electrons. The summed E-state index contributed by atoms with van der Waals surface area (Å²) in [5, 5.41) is 11.3. The maximum atomic E-state index is 12.7. The number of methoxy groups -OCH3 is 1. The van der Waals surface area contributed by atoms with Crippen molar-refractivity contribution in [2.45, 2.75) is 51.4 Å². The number of ether oxygens (including phenoxy) is 3. The van der Waals surface area contributed by atoms with Gasteiger partial charge in [-0.15, -0.1) is 0 Å². The first-order chi connectivity index (χ1) is 13.8. The number of benzene rings is 1.